The molecule has 1 atom stereocenters. The van der Waals surface area contributed by atoms with Gasteiger partial charge in [-0.3, -0.25) is 0 Å². The minimum Gasteiger partial charge on any atom is -0.370 e. The molecule has 0 saturated carbocycles. The summed E-state index contributed by atoms with van der Waals surface area (Å²) in [5, 5.41) is 3.39. The van der Waals surface area contributed by atoms with Crippen LogP contribution in [0.4, 0.5) is 0 Å². The van der Waals surface area contributed by atoms with E-state index in [1.165, 1.54) is 44.9 Å². The van der Waals surface area contributed by atoms with E-state index < -0.39 is 0 Å². The van der Waals surface area contributed by atoms with Crippen molar-refractivity contribution in [2.75, 3.05) is 13.1 Å². The quantitative estimate of drug-likeness (QED) is 0.463. The summed E-state index contributed by atoms with van der Waals surface area (Å²) in [5.74, 6) is 0. The van der Waals surface area contributed by atoms with Gasteiger partial charge in [0.1, 0.15) is 0 Å². The van der Waals surface area contributed by atoms with E-state index in [1.807, 2.05) is 6.20 Å². The maximum atomic E-state index is 5.59. The lowest BCUT2D eigenvalue weighted by atomic mass is 10.1. The zero-order valence-corrected chi connectivity index (χ0v) is 11.8. The summed E-state index contributed by atoms with van der Waals surface area (Å²) in [7, 11) is 0. The minimum absolute atomic E-state index is 0.476. The molecule has 0 aliphatic carbocycles. The van der Waals surface area contributed by atoms with Crippen LogP contribution in [0, 0.1) is 0 Å². The average Bonchev–Trinajstić information content (AvgIpc) is 2.81. The number of nitrogens with two attached hydrogens (primary N) is 1. The first-order valence-electron chi connectivity index (χ1n) is 7.42. The minimum atomic E-state index is 0.476. The van der Waals surface area contributed by atoms with Crippen molar-refractivity contribution in [3.63, 3.8) is 0 Å². The fourth-order valence-corrected chi connectivity index (χ4v) is 2.26. The Morgan fingerprint density at radius 3 is 2.83 bits per heavy atom. The smallest absolute Gasteiger partial charge is 0.0981 e. The number of allylic oxidation sites excluding steroid dienone is 2. The first-order valence-corrected chi connectivity index (χ1v) is 7.42. The van der Waals surface area contributed by atoms with Gasteiger partial charge in [-0.2, -0.15) is 0 Å². The molecule has 0 amide bonds. The van der Waals surface area contributed by atoms with Crippen LogP contribution in [0.15, 0.2) is 24.6 Å². The Balaban J connectivity index is 1.97. The Bertz CT molecular complexity index is 248. The monoisotopic (exact) mass is 251 g/mol. The van der Waals surface area contributed by atoms with Crippen LogP contribution in [0.5, 0.6) is 0 Å². The van der Waals surface area contributed by atoms with Crippen molar-refractivity contribution in [3.8, 4) is 0 Å². The molecule has 0 saturated heterocycles. The van der Waals surface area contributed by atoms with Gasteiger partial charge in [0.05, 0.1) is 6.17 Å². The molecule has 3 N–H and O–H groups in total. The summed E-state index contributed by atoms with van der Waals surface area (Å²) < 4.78 is 0. The summed E-state index contributed by atoms with van der Waals surface area (Å²) in [6.45, 7) is 3.90. The first-order chi connectivity index (χ1) is 8.88. The number of hydrogen-bond donors (Lipinski definition) is 2. The molecule has 18 heavy (non-hydrogen) atoms. The highest BCUT2D eigenvalue weighted by Gasteiger charge is 2.16. The summed E-state index contributed by atoms with van der Waals surface area (Å²) >= 11 is 0. The highest BCUT2D eigenvalue weighted by atomic mass is 15.3. The number of rotatable bonds is 10. The zero-order chi connectivity index (χ0) is 13.1. The van der Waals surface area contributed by atoms with Gasteiger partial charge in [-0.25, -0.2) is 0 Å². The Morgan fingerprint density at radius 1 is 1.22 bits per heavy atom. The highest BCUT2D eigenvalue weighted by molar-refractivity contribution is 4.94. The molecule has 0 radical (unpaired) electrons. The molecule has 0 spiro atoms. The molecule has 0 fully saturated rings. The Kier molecular flexibility index (Phi) is 8.40. The Morgan fingerprint density at radius 2 is 2.06 bits per heavy atom. The number of nitrogens with one attached hydrogen (secondary N) is 1. The SMILES string of the molecule is CCC/C=C/CCCCCC1NC=CN1CCN. The van der Waals surface area contributed by atoms with E-state index >= 15 is 0 Å². The predicted molar refractivity (Wildman–Crippen MR) is 79.0 cm³/mol. The van der Waals surface area contributed by atoms with Crippen LogP contribution in [0.3, 0.4) is 0 Å². The van der Waals surface area contributed by atoms with Crippen molar-refractivity contribution >= 4 is 0 Å². The molecule has 0 aromatic rings. The first kappa shape index (κ1) is 15.1. The van der Waals surface area contributed by atoms with Crippen LogP contribution in [-0.4, -0.2) is 24.2 Å². The van der Waals surface area contributed by atoms with Crippen LogP contribution < -0.4 is 11.1 Å². The van der Waals surface area contributed by atoms with Gasteiger partial charge in [-0.1, -0.05) is 31.9 Å². The van der Waals surface area contributed by atoms with Crippen LogP contribution in [-0.2, 0) is 0 Å². The van der Waals surface area contributed by atoms with Gasteiger partial charge in [0.2, 0.25) is 0 Å². The summed E-state index contributed by atoms with van der Waals surface area (Å²) in [6.07, 6.45) is 18.1. The van der Waals surface area contributed by atoms with Crippen LogP contribution >= 0.6 is 0 Å². The third kappa shape index (κ3) is 6.10. The van der Waals surface area contributed by atoms with E-state index in [2.05, 4.69) is 35.5 Å². The Hall–Kier alpha value is -0.960. The van der Waals surface area contributed by atoms with Crippen molar-refractivity contribution in [2.24, 2.45) is 5.73 Å². The lowest BCUT2D eigenvalue weighted by Crippen LogP contribution is -2.37. The summed E-state index contributed by atoms with van der Waals surface area (Å²) in [6, 6.07) is 0. The molecule has 1 aliphatic heterocycles. The van der Waals surface area contributed by atoms with Crippen molar-refractivity contribution in [1.82, 2.24) is 10.2 Å². The maximum Gasteiger partial charge on any atom is 0.0981 e. The lowest BCUT2D eigenvalue weighted by molar-refractivity contribution is 0.264. The van der Waals surface area contributed by atoms with Crippen LogP contribution in [0.1, 0.15) is 51.9 Å². The average molecular weight is 251 g/mol. The van der Waals surface area contributed by atoms with Gasteiger partial charge < -0.3 is 16.0 Å². The van der Waals surface area contributed by atoms with Gasteiger partial charge >= 0.3 is 0 Å². The van der Waals surface area contributed by atoms with Gasteiger partial charge in [-0.15, -0.1) is 0 Å². The van der Waals surface area contributed by atoms with Gasteiger partial charge in [0.15, 0.2) is 0 Å². The molecule has 0 bridgehead atoms. The molecule has 3 nitrogen and oxygen atoms in total. The third-order valence-electron chi connectivity index (χ3n) is 3.31. The van der Waals surface area contributed by atoms with Crippen LogP contribution in [0.25, 0.3) is 0 Å². The number of nitrogens with zero attached hydrogens (tertiary/aromatic N) is 1. The standard InChI is InChI=1S/C15H29N3/c1-2-3-4-5-6-7-8-9-10-15-17-12-14-18(15)13-11-16/h4-5,12,14-15,17H,2-3,6-11,13,16H2,1H3/b5-4+. The van der Waals surface area contributed by atoms with Crippen molar-refractivity contribution in [2.45, 2.75) is 58.0 Å². The molecule has 0 aromatic carbocycles. The molecule has 0 aromatic heterocycles. The maximum absolute atomic E-state index is 5.59. The normalized spacial score (nSPS) is 18.8. The Labute approximate surface area is 112 Å². The molecule has 104 valence electrons. The largest absolute Gasteiger partial charge is 0.370 e. The fourth-order valence-electron chi connectivity index (χ4n) is 2.26. The van der Waals surface area contributed by atoms with Crippen molar-refractivity contribution < 1.29 is 0 Å². The van der Waals surface area contributed by atoms with E-state index in [0.717, 1.165) is 13.1 Å². The zero-order valence-electron chi connectivity index (χ0n) is 11.8. The molecule has 1 aliphatic rings. The van der Waals surface area contributed by atoms with E-state index in [4.69, 9.17) is 5.73 Å². The lowest BCUT2D eigenvalue weighted by Gasteiger charge is -2.24. The molecule has 3 heteroatoms. The van der Waals surface area contributed by atoms with Gasteiger partial charge in [-0.05, 0) is 32.1 Å². The van der Waals surface area contributed by atoms with E-state index in [-0.39, 0.29) is 0 Å². The molecule has 1 heterocycles. The third-order valence-corrected chi connectivity index (χ3v) is 3.31. The van der Waals surface area contributed by atoms with Gasteiger partial charge in [0, 0.05) is 25.5 Å². The molecule has 1 rings (SSSR count). The van der Waals surface area contributed by atoms with E-state index in [0.29, 0.717) is 6.17 Å². The summed E-state index contributed by atoms with van der Waals surface area (Å²) in [5.41, 5.74) is 5.59. The molecule has 1 unspecified atom stereocenters. The second-order valence-corrected chi connectivity index (χ2v) is 4.92. The molecular formula is C15H29N3. The number of unbranched alkanes of at least 4 members (excludes halogenated alkanes) is 4. The van der Waals surface area contributed by atoms with E-state index in [9.17, 15) is 0 Å². The second-order valence-electron chi connectivity index (χ2n) is 4.92. The highest BCUT2D eigenvalue weighted by Crippen LogP contribution is 2.13. The van der Waals surface area contributed by atoms with E-state index in [1.54, 1.807) is 0 Å². The van der Waals surface area contributed by atoms with Crippen LogP contribution in [0.2, 0.25) is 0 Å². The van der Waals surface area contributed by atoms with Crippen molar-refractivity contribution in [1.29, 1.82) is 0 Å². The summed E-state index contributed by atoms with van der Waals surface area (Å²) in [4.78, 5) is 2.31. The van der Waals surface area contributed by atoms with Crippen molar-refractivity contribution in [3.05, 3.63) is 24.6 Å². The second kappa shape index (κ2) is 10.0. The molecular weight excluding hydrogens is 222 g/mol. The number of hydrogen-bond acceptors (Lipinski definition) is 3. The predicted octanol–water partition coefficient (Wildman–Crippen LogP) is 2.95. The topological polar surface area (TPSA) is 41.3 Å². The van der Waals surface area contributed by atoms with Gasteiger partial charge in [0.25, 0.3) is 0 Å². The fraction of sp³-hybridized carbons (Fsp3) is 0.733.